The van der Waals surface area contributed by atoms with E-state index < -0.39 is 0 Å². The Labute approximate surface area is 108 Å². The van der Waals surface area contributed by atoms with E-state index in [0.29, 0.717) is 18.6 Å². The maximum atomic E-state index is 5.17. The van der Waals surface area contributed by atoms with Gasteiger partial charge < -0.3 is 14.6 Å². The Morgan fingerprint density at radius 2 is 2.29 bits per heavy atom. The van der Waals surface area contributed by atoms with Crippen LogP contribution in [0.5, 0.6) is 0 Å². The lowest BCUT2D eigenvalue weighted by Crippen LogP contribution is -2.19. The highest BCUT2D eigenvalue weighted by atomic mass is 32.2. The van der Waals surface area contributed by atoms with Crippen LogP contribution < -0.4 is 5.32 Å². The molecule has 0 aromatic carbocycles. The molecule has 0 saturated carbocycles. The Hall–Kier alpha value is -0.680. The fraction of sp³-hybridized carbons (Fsp3) is 0.750. The summed E-state index contributed by atoms with van der Waals surface area (Å²) in [5.41, 5.74) is 0. The van der Waals surface area contributed by atoms with Crippen molar-refractivity contribution in [3.05, 3.63) is 12.4 Å². The summed E-state index contributed by atoms with van der Waals surface area (Å²) in [5.74, 6) is 2.75. The number of nitrogens with one attached hydrogen (secondary N) is 1. The quantitative estimate of drug-likeness (QED) is 0.776. The molecule has 4 nitrogen and oxygen atoms in total. The highest BCUT2D eigenvalue weighted by molar-refractivity contribution is 7.98. The summed E-state index contributed by atoms with van der Waals surface area (Å²) in [6.07, 6.45) is 5.96. The molecule has 1 aromatic rings. The van der Waals surface area contributed by atoms with E-state index in [4.69, 9.17) is 4.74 Å². The zero-order valence-electron chi connectivity index (χ0n) is 11.1. The molecule has 0 aliphatic heterocycles. The SMILES string of the molecule is COCC(C)n1ccnc1NCC(C)CSC. The first-order valence-corrected chi connectivity index (χ1v) is 7.33. The molecule has 0 spiro atoms. The van der Waals surface area contributed by atoms with E-state index in [2.05, 4.69) is 35.0 Å². The predicted octanol–water partition coefficient (Wildman–Crippen LogP) is 2.50. The van der Waals surface area contributed by atoms with Crippen molar-refractivity contribution in [3.8, 4) is 0 Å². The van der Waals surface area contributed by atoms with Crippen LogP contribution in [-0.4, -0.2) is 41.8 Å². The van der Waals surface area contributed by atoms with Crippen molar-refractivity contribution in [1.82, 2.24) is 9.55 Å². The van der Waals surface area contributed by atoms with E-state index >= 15 is 0 Å². The average molecular weight is 257 g/mol. The van der Waals surface area contributed by atoms with Gasteiger partial charge in [-0.15, -0.1) is 0 Å². The van der Waals surface area contributed by atoms with E-state index in [0.717, 1.165) is 12.5 Å². The summed E-state index contributed by atoms with van der Waals surface area (Å²) in [6, 6.07) is 0.306. The van der Waals surface area contributed by atoms with Crippen LogP contribution in [0.3, 0.4) is 0 Å². The summed E-state index contributed by atoms with van der Waals surface area (Å²) >= 11 is 1.88. The molecule has 1 heterocycles. The molecule has 0 saturated heterocycles. The van der Waals surface area contributed by atoms with Gasteiger partial charge in [0.05, 0.1) is 12.6 Å². The molecule has 0 fully saturated rings. The molecule has 2 unspecified atom stereocenters. The average Bonchev–Trinajstić information content (AvgIpc) is 2.75. The summed E-state index contributed by atoms with van der Waals surface area (Å²) in [6.45, 7) is 6.03. The summed E-state index contributed by atoms with van der Waals surface area (Å²) in [7, 11) is 1.72. The van der Waals surface area contributed by atoms with E-state index in [1.54, 1.807) is 7.11 Å². The molecule has 2 atom stereocenters. The maximum absolute atomic E-state index is 5.17. The third-order valence-corrected chi connectivity index (χ3v) is 3.51. The van der Waals surface area contributed by atoms with Crippen molar-refractivity contribution in [2.45, 2.75) is 19.9 Å². The summed E-state index contributed by atoms with van der Waals surface area (Å²) < 4.78 is 7.29. The Balaban J connectivity index is 2.51. The monoisotopic (exact) mass is 257 g/mol. The van der Waals surface area contributed by atoms with Gasteiger partial charge in [-0.05, 0) is 24.9 Å². The number of hydrogen-bond acceptors (Lipinski definition) is 4. The highest BCUT2D eigenvalue weighted by Gasteiger charge is 2.10. The molecule has 1 N–H and O–H groups in total. The van der Waals surface area contributed by atoms with Gasteiger partial charge in [-0.25, -0.2) is 4.98 Å². The molecule has 0 aliphatic rings. The topological polar surface area (TPSA) is 39.1 Å². The van der Waals surface area contributed by atoms with Crippen LogP contribution in [0.25, 0.3) is 0 Å². The van der Waals surface area contributed by atoms with Gasteiger partial charge >= 0.3 is 0 Å². The number of aromatic nitrogens is 2. The summed E-state index contributed by atoms with van der Waals surface area (Å²) in [4.78, 5) is 4.34. The smallest absolute Gasteiger partial charge is 0.203 e. The standard InChI is InChI=1S/C12H23N3OS/c1-10(9-17-4)7-14-12-13-5-6-15(12)11(2)8-16-3/h5-6,10-11H,7-9H2,1-4H3,(H,13,14). The van der Waals surface area contributed by atoms with Gasteiger partial charge in [-0.1, -0.05) is 6.92 Å². The lowest BCUT2D eigenvalue weighted by Gasteiger charge is -2.17. The second kappa shape index (κ2) is 7.61. The number of methoxy groups -OCH3 is 1. The molecular weight excluding hydrogens is 234 g/mol. The van der Waals surface area contributed by atoms with Gasteiger partial charge in [-0.3, -0.25) is 0 Å². The molecule has 0 bridgehead atoms. The van der Waals surface area contributed by atoms with Crippen molar-refractivity contribution in [3.63, 3.8) is 0 Å². The van der Waals surface area contributed by atoms with E-state index in [1.165, 1.54) is 5.75 Å². The minimum Gasteiger partial charge on any atom is -0.383 e. The van der Waals surface area contributed by atoms with Crippen molar-refractivity contribution in [2.75, 3.05) is 37.6 Å². The third-order valence-electron chi connectivity index (χ3n) is 2.61. The minimum atomic E-state index is 0.306. The number of ether oxygens (including phenoxy) is 1. The van der Waals surface area contributed by atoms with Crippen LogP contribution in [0.1, 0.15) is 19.9 Å². The van der Waals surface area contributed by atoms with Crippen LogP contribution in [0.4, 0.5) is 5.95 Å². The number of anilines is 1. The van der Waals surface area contributed by atoms with Gasteiger partial charge in [0.2, 0.25) is 5.95 Å². The van der Waals surface area contributed by atoms with Crippen molar-refractivity contribution in [2.24, 2.45) is 5.92 Å². The molecule has 0 amide bonds. The second-order valence-electron chi connectivity index (χ2n) is 4.40. The molecule has 98 valence electrons. The maximum Gasteiger partial charge on any atom is 0.203 e. The van der Waals surface area contributed by atoms with Gasteiger partial charge in [0.15, 0.2) is 0 Å². The van der Waals surface area contributed by atoms with Crippen LogP contribution in [0, 0.1) is 5.92 Å². The van der Waals surface area contributed by atoms with E-state index in [9.17, 15) is 0 Å². The molecule has 0 radical (unpaired) electrons. The Morgan fingerprint density at radius 3 is 2.94 bits per heavy atom. The zero-order valence-corrected chi connectivity index (χ0v) is 12.0. The van der Waals surface area contributed by atoms with Crippen LogP contribution in [0.15, 0.2) is 12.4 Å². The third kappa shape index (κ3) is 4.60. The lowest BCUT2D eigenvalue weighted by atomic mass is 10.2. The first-order chi connectivity index (χ1) is 8.19. The fourth-order valence-corrected chi connectivity index (χ4v) is 2.42. The Morgan fingerprint density at radius 1 is 1.53 bits per heavy atom. The van der Waals surface area contributed by atoms with E-state index in [1.807, 2.05) is 24.2 Å². The molecule has 5 heteroatoms. The van der Waals surface area contributed by atoms with Gasteiger partial charge in [0.1, 0.15) is 0 Å². The minimum absolute atomic E-state index is 0.306. The number of nitrogens with zero attached hydrogens (tertiary/aromatic N) is 2. The van der Waals surface area contributed by atoms with Gasteiger partial charge in [0.25, 0.3) is 0 Å². The number of imidazole rings is 1. The molecule has 0 aliphatic carbocycles. The van der Waals surface area contributed by atoms with Crippen LogP contribution >= 0.6 is 11.8 Å². The zero-order chi connectivity index (χ0) is 12.7. The first kappa shape index (κ1) is 14.4. The van der Waals surface area contributed by atoms with Crippen molar-refractivity contribution < 1.29 is 4.74 Å². The Bertz CT molecular complexity index is 316. The van der Waals surface area contributed by atoms with Gasteiger partial charge in [0, 0.05) is 26.0 Å². The van der Waals surface area contributed by atoms with Crippen molar-refractivity contribution >= 4 is 17.7 Å². The number of hydrogen-bond donors (Lipinski definition) is 1. The molecule has 1 rings (SSSR count). The van der Waals surface area contributed by atoms with Crippen LogP contribution in [-0.2, 0) is 4.74 Å². The lowest BCUT2D eigenvalue weighted by molar-refractivity contribution is 0.163. The predicted molar refractivity (Wildman–Crippen MR) is 74.8 cm³/mol. The fourth-order valence-electron chi connectivity index (χ4n) is 1.74. The van der Waals surface area contributed by atoms with Crippen LogP contribution in [0.2, 0.25) is 0 Å². The number of thioether (sulfide) groups is 1. The molecule has 1 aromatic heterocycles. The molecular formula is C12H23N3OS. The van der Waals surface area contributed by atoms with Gasteiger partial charge in [-0.2, -0.15) is 11.8 Å². The largest absolute Gasteiger partial charge is 0.383 e. The number of rotatable bonds is 8. The second-order valence-corrected chi connectivity index (χ2v) is 5.31. The Kier molecular flexibility index (Phi) is 6.44. The van der Waals surface area contributed by atoms with Crippen molar-refractivity contribution in [1.29, 1.82) is 0 Å². The first-order valence-electron chi connectivity index (χ1n) is 5.93. The summed E-state index contributed by atoms with van der Waals surface area (Å²) in [5, 5.41) is 3.40. The molecule has 17 heavy (non-hydrogen) atoms. The highest BCUT2D eigenvalue weighted by Crippen LogP contribution is 2.14. The van der Waals surface area contributed by atoms with E-state index in [-0.39, 0.29) is 0 Å². The normalized spacial score (nSPS) is 14.6.